The zero-order valence-electron chi connectivity index (χ0n) is 22.5. The van der Waals surface area contributed by atoms with E-state index < -0.39 is 11.6 Å². The SMILES string of the molecule is CC(C)c1c(C(=O)CCc2ccc(F)c(F)c2)c2ccc(N(C)C3CCCC3)cc2n1Cc1ccccc1. The number of benzene rings is 3. The fourth-order valence-corrected chi connectivity index (χ4v) is 5.99. The molecule has 0 radical (unpaired) electrons. The summed E-state index contributed by atoms with van der Waals surface area (Å²) in [6.07, 6.45) is 5.57. The summed E-state index contributed by atoms with van der Waals surface area (Å²) in [7, 11) is 2.18. The van der Waals surface area contributed by atoms with E-state index >= 15 is 0 Å². The molecule has 0 amide bonds. The molecule has 5 heteroatoms. The molecule has 1 fully saturated rings. The van der Waals surface area contributed by atoms with E-state index in [1.54, 1.807) is 6.07 Å². The lowest BCUT2D eigenvalue weighted by Crippen LogP contribution is -2.28. The molecule has 1 saturated carbocycles. The van der Waals surface area contributed by atoms with Gasteiger partial charge in [0.15, 0.2) is 17.4 Å². The Morgan fingerprint density at radius 2 is 1.68 bits per heavy atom. The second-order valence-electron chi connectivity index (χ2n) is 10.9. The first kappa shape index (κ1) is 26.1. The van der Waals surface area contributed by atoms with Gasteiger partial charge >= 0.3 is 0 Å². The Bertz CT molecular complexity index is 1430. The third-order valence-electron chi connectivity index (χ3n) is 8.00. The molecule has 0 bridgehead atoms. The summed E-state index contributed by atoms with van der Waals surface area (Å²) in [5.41, 5.74) is 5.82. The average molecular weight is 515 g/mol. The molecule has 0 unspecified atom stereocenters. The minimum atomic E-state index is -0.879. The van der Waals surface area contributed by atoms with Crippen molar-refractivity contribution >= 4 is 22.4 Å². The van der Waals surface area contributed by atoms with Crippen molar-refractivity contribution in [3.05, 3.63) is 101 Å². The van der Waals surface area contributed by atoms with Gasteiger partial charge in [0.2, 0.25) is 0 Å². The first-order chi connectivity index (χ1) is 18.3. The third-order valence-corrected chi connectivity index (χ3v) is 8.00. The van der Waals surface area contributed by atoms with Crippen molar-refractivity contribution in [3.63, 3.8) is 0 Å². The summed E-state index contributed by atoms with van der Waals surface area (Å²) in [6.45, 7) is 4.94. The van der Waals surface area contributed by atoms with Crippen LogP contribution < -0.4 is 4.90 Å². The van der Waals surface area contributed by atoms with Crippen LogP contribution in [0.15, 0.2) is 66.7 Å². The van der Waals surface area contributed by atoms with Crippen LogP contribution in [0.5, 0.6) is 0 Å². The van der Waals surface area contributed by atoms with Crippen molar-refractivity contribution in [2.75, 3.05) is 11.9 Å². The van der Waals surface area contributed by atoms with E-state index in [9.17, 15) is 13.6 Å². The molecule has 38 heavy (non-hydrogen) atoms. The summed E-state index contributed by atoms with van der Waals surface area (Å²) in [6, 6.07) is 21.3. The Morgan fingerprint density at radius 1 is 0.947 bits per heavy atom. The van der Waals surface area contributed by atoms with Gasteiger partial charge in [-0.05, 0) is 60.6 Å². The lowest BCUT2D eigenvalue weighted by Gasteiger charge is -2.26. The van der Waals surface area contributed by atoms with Gasteiger partial charge < -0.3 is 9.47 Å². The average Bonchev–Trinajstić information content (AvgIpc) is 3.56. The number of hydrogen-bond donors (Lipinski definition) is 0. The second-order valence-corrected chi connectivity index (χ2v) is 10.9. The van der Waals surface area contributed by atoms with Crippen LogP contribution in [-0.4, -0.2) is 23.4 Å². The van der Waals surface area contributed by atoms with E-state index in [2.05, 4.69) is 60.7 Å². The van der Waals surface area contributed by atoms with Gasteiger partial charge in [-0.25, -0.2) is 8.78 Å². The predicted octanol–water partition coefficient (Wildman–Crippen LogP) is 8.29. The van der Waals surface area contributed by atoms with E-state index in [-0.39, 0.29) is 18.1 Å². The predicted molar refractivity (Wildman–Crippen MR) is 151 cm³/mol. The van der Waals surface area contributed by atoms with Gasteiger partial charge in [-0.3, -0.25) is 4.79 Å². The highest BCUT2D eigenvalue weighted by molar-refractivity contribution is 6.10. The Hall–Kier alpha value is -3.47. The fraction of sp³-hybridized carbons (Fsp3) is 0.364. The summed E-state index contributed by atoms with van der Waals surface area (Å²) >= 11 is 0. The van der Waals surface area contributed by atoms with Crippen LogP contribution in [0.2, 0.25) is 0 Å². The number of hydrogen-bond acceptors (Lipinski definition) is 2. The third kappa shape index (κ3) is 5.24. The van der Waals surface area contributed by atoms with Crippen LogP contribution in [-0.2, 0) is 13.0 Å². The second kappa shape index (κ2) is 11.1. The fourth-order valence-electron chi connectivity index (χ4n) is 5.99. The number of halogens is 2. The number of rotatable bonds is 9. The van der Waals surface area contributed by atoms with Crippen molar-refractivity contribution in [1.29, 1.82) is 0 Å². The molecule has 0 N–H and O–H groups in total. The minimum absolute atomic E-state index is 0.0344. The molecule has 0 atom stereocenters. The molecule has 3 nitrogen and oxygen atoms in total. The number of Topliss-reactive ketones (excluding diaryl/α,β-unsaturated/α-hetero) is 1. The summed E-state index contributed by atoms with van der Waals surface area (Å²) in [5, 5.41) is 0.962. The molecule has 1 heterocycles. The molecule has 1 aliphatic carbocycles. The summed E-state index contributed by atoms with van der Waals surface area (Å²) in [5.74, 6) is -1.59. The van der Waals surface area contributed by atoms with Crippen LogP contribution in [0.1, 0.15) is 79.0 Å². The molecule has 0 aliphatic heterocycles. The monoisotopic (exact) mass is 514 g/mol. The van der Waals surface area contributed by atoms with Crippen molar-refractivity contribution < 1.29 is 13.6 Å². The zero-order chi connectivity index (χ0) is 26.8. The quantitative estimate of drug-likeness (QED) is 0.210. The number of fused-ring (bicyclic) bond motifs is 1. The van der Waals surface area contributed by atoms with Crippen molar-refractivity contribution in [3.8, 4) is 0 Å². The first-order valence-electron chi connectivity index (χ1n) is 13.7. The van der Waals surface area contributed by atoms with Gasteiger partial charge in [-0.2, -0.15) is 0 Å². The largest absolute Gasteiger partial charge is 0.372 e. The Kier molecular flexibility index (Phi) is 7.64. The van der Waals surface area contributed by atoms with E-state index in [0.29, 0.717) is 24.6 Å². The Balaban J connectivity index is 1.57. The molecule has 5 rings (SSSR count). The van der Waals surface area contributed by atoms with Gasteiger partial charge in [-0.15, -0.1) is 0 Å². The topological polar surface area (TPSA) is 25.2 Å². The minimum Gasteiger partial charge on any atom is -0.372 e. The Labute approximate surface area is 224 Å². The summed E-state index contributed by atoms with van der Waals surface area (Å²) < 4.78 is 29.5. The van der Waals surface area contributed by atoms with Crippen LogP contribution in [0.3, 0.4) is 0 Å². The number of aromatic nitrogens is 1. The smallest absolute Gasteiger partial charge is 0.165 e. The molecule has 1 aliphatic rings. The maximum Gasteiger partial charge on any atom is 0.165 e. The van der Waals surface area contributed by atoms with E-state index in [4.69, 9.17) is 0 Å². The van der Waals surface area contributed by atoms with Crippen LogP contribution in [0, 0.1) is 11.6 Å². The highest BCUT2D eigenvalue weighted by atomic mass is 19.2. The van der Waals surface area contributed by atoms with E-state index in [1.807, 2.05) is 18.2 Å². The number of anilines is 1. The first-order valence-corrected chi connectivity index (χ1v) is 13.7. The number of aryl methyl sites for hydroxylation is 1. The molecule has 0 spiro atoms. The Morgan fingerprint density at radius 3 is 2.37 bits per heavy atom. The summed E-state index contributed by atoms with van der Waals surface area (Å²) in [4.78, 5) is 16.2. The number of carbonyl (C=O) groups is 1. The van der Waals surface area contributed by atoms with E-state index in [1.165, 1.54) is 43.0 Å². The molecule has 1 aromatic heterocycles. The number of ketones is 1. The van der Waals surface area contributed by atoms with Crippen LogP contribution in [0.25, 0.3) is 10.9 Å². The van der Waals surface area contributed by atoms with E-state index in [0.717, 1.165) is 28.2 Å². The molecule has 4 aromatic rings. The zero-order valence-corrected chi connectivity index (χ0v) is 22.5. The highest BCUT2D eigenvalue weighted by Gasteiger charge is 2.26. The van der Waals surface area contributed by atoms with Crippen LogP contribution in [0.4, 0.5) is 14.5 Å². The van der Waals surface area contributed by atoms with Crippen molar-refractivity contribution in [1.82, 2.24) is 4.57 Å². The van der Waals surface area contributed by atoms with Gasteiger partial charge in [-0.1, -0.05) is 69.2 Å². The molecule has 198 valence electrons. The van der Waals surface area contributed by atoms with Gasteiger partial charge in [0.05, 0.1) is 5.52 Å². The molecular formula is C33H36F2N2O. The molecule has 0 saturated heterocycles. The molecular weight excluding hydrogens is 478 g/mol. The maximum absolute atomic E-state index is 13.8. The molecule has 3 aromatic carbocycles. The van der Waals surface area contributed by atoms with Gasteiger partial charge in [0.1, 0.15) is 0 Å². The lowest BCUT2D eigenvalue weighted by molar-refractivity contribution is 0.0983. The van der Waals surface area contributed by atoms with Crippen LogP contribution >= 0.6 is 0 Å². The van der Waals surface area contributed by atoms with Crippen molar-refractivity contribution in [2.24, 2.45) is 0 Å². The highest BCUT2D eigenvalue weighted by Crippen LogP contribution is 2.36. The normalized spacial score (nSPS) is 14.1. The number of carbonyl (C=O) groups excluding carboxylic acids is 1. The maximum atomic E-state index is 13.8. The van der Waals surface area contributed by atoms with Crippen molar-refractivity contribution in [2.45, 2.75) is 70.9 Å². The van der Waals surface area contributed by atoms with Gasteiger partial charge in [0.25, 0.3) is 0 Å². The lowest BCUT2D eigenvalue weighted by atomic mass is 9.96. The standard InChI is InChI=1S/C33H36F2N2O/c1-22(2)33-32(31(38)18-14-23-13-17-28(34)29(35)19-23)27-16-15-26(36(3)25-11-7-8-12-25)20-30(27)37(33)21-24-9-5-4-6-10-24/h4-6,9-10,13,15-17,19-20,22,25H,7-8,11-12,14,18,21H2,1-3H3. The van der Waals surface area contributed by atoms with Gasteiger partial charge in [0, 0.05) is 48.4 Å². The number of nitrogens with zero attached hydrogens (tertiary/aromatic N) is 2.